The predicted molar refractivity (Wildman–Crippen MR) is 56.6 cm³/mol. The van der Waals surface area contributed by atoms with Crippen molar-refractivity contribution in [2.75, 3.05) is 6.61 Å². The number of hydrogen-bond acceptors (Lipinski definition) is 3. The molecule has 2 unspecified atom stereocenters. The second-order valence-electron chi connectivity index (χ2n) is 4.86. The first kappa shape index (κ1) is 10.9. The molecule has 2 atom stereocenters. The van der Waals surface area contributed by atoms with E-state index >= 15 is 0 Å². The van der Waals surface area contributed by atoms with Gasteiger partial charge < -0.3 is 9.47 Å². The van der Waals surface area contributed by atoms with Crippen molar-refractivity contribution in [1.29, 1.82) is 0 Å². The predicted octanol–water partition coefficient (Wildman–Crippen LogP) is 2.43. The van der Waals surface area contributed by atoms with E-state index in [9.17, 15) is 4.79 Å². The molecule has 86 valence electrons. The van der Waals surface area contributed by atoms with Crippen LogP contribution in [0.5, 0.6) is 0 Å². The van der Waals surface area contributed by atoms with Crippen molar-refractivity contribution < 1.29 is 14.3 Å². The number of rotatable bonds is 5. The first-order chi connectivity index (χ1) is 7.15. The van der Waals surface area contributed by atoms with Crippen molar-refractivity contribution in [3.8, 4) is 0 Å². The number of ether oxygens (including phenoxy) is 2. The minimum atomic E-state index is -0.556. The first-order valence-corrected chi connectivity index (χ1v) is 6.02. The van der Waals surface area contributed by atoms with Crippen molar-refractivity contribution in [2.24, 2.45) is 0 Å². The SMILES string of the molecule is CCCCCOC(=O)C12CCCC1(C)O2. The zero-order valence-electron chi connectivity index (χ0n) is 9.67. The Kier molecular flexibility index (Phi) is 2.75. The van der Waals surface area contributed by atoms with E-state index < -0.39 is 5.60 Å². The summed E-state index contributed by atoms with van der Waals surface area (Å²) in [5.41, 5.74) is -0.756. The number of fused-ring (bicyclic) bond motifs is 1. The molecule has 1 aliphatic carbocycles. The molecule has 0 aromatic carbocycles. The molecular formula is C12H20O3. The molecule has 0 N–H and O–H groups in total. The molecule has 1 aliphatic heterocycles. The Labute approximate surface area is 91.1 Å². The summed E-state index contributed by atoms with van der Waals surface area (Å²) in [6.45, 7) is 4.71. The van der Waals surface area contributed by atoms with Gasteiger partial charge in [-0.2, -0.15) is 0 Å². The van der Waals surface area contributed by atoms with Crippen molar-refractivity contribution >= 4 is 5.97 Å². The highest BCUT2D eigenvalue weighted by Gasteiger charge is 2.75. The van der Waals surface area contributed by atoms with Crippen LogP contribution in [0.15, 0.2) is 0 Å². The van der Waals surface area contributed by atoms with Gasteiger partial charge in [0.05, 0.1) is 6.61 Å². The average Bonchev–Trinajstić information content (AvgIpc) is 2.68. The quantitative estimate of drug-likeness (QED) is 0.399. The van der Waals surface area contributed by atoms with Crippen LogP contribution in [0.3, 0.4) is 0 Å². The van der Waals surface area contributed by atoms with Crippen molar-refractivity contribution in [2.45, 2.75) is 63.6 Å². The van der Waals surface area contributed by atoms with Gasteiger partial charge in [0.1, 0.15) is 5.60 Å². The molecule has 3 nitrogen and oxygen atoms in total. The number of epoxide rings is 1. The minimum Gasteiger partial charge on any atom is -0.463 e. The second-order valence-corrected chi connectivity index (χ2v) is 4.86. The smallest absolute Gasteiger partial charge is 0.341 e. The Morgan fingerprint density at radius 2 is 2.20 bits per heavy atom. The van der Waals surface area contributed by atoms with E-state index in [0.29, 0.717) is 6.61 Å². The molecule has 3 heteroatoms. The van der Waals surface area contributed by atoms with Gasteiger partial charge in [0.25, 0.3) is 0 Å². The van der Waals surface area contributed by atoms with Gasteiger partial charge in [-0.1, -0.05) is 19.8 Å². The van der Waals surface area contributed by atoms with Crippen LogP contribution < -0.4 is 0 Å². The second kappa shape index (κ2) is 3.78. The molecule has 1 saturated carbocycles. The molecule has 1 heterocycles. The molecule has 0 aromatic heterocycles. The Bertz CT molecular complexity index is 260. The van der Waals surface area contributed by atoms with Crippen molar-refractivity contribution in [1.82, 2.24) is 0 Å². The molecule has 2 aliphatic rings. The van der Waals surface area contributed by atoms with Crippen molar-refractivity contribution in [3.63, 3.8) is 0 Å². The Hall–Kier alpha value is -0.570. The van der Waals surface area contributed by atoms with Crippen LogP contribution in [0.25, 0.3) is 0 Å². The summed E-state index contributed by atoms with van der Waals surface area (Å²) < 4.78 is 10.8. The largest absolute Gasteiger partial charge is 0.463 e. The van der Waals surface area contributed by atoms with E-state index in [0.717, 1.165) is 38.5 Å². The molecule has 15 heavy (non-hydrogen) atoms. The minimum absolute atomic E-state index is 0.126. The fourth-order valence-corrected chi connectivity index (χ4v) is 2.60. The lowest BCUT2D eigenvalue weighted by Crippen LogP contribution is -2.30. The monoisotopic (exact) mass is 212 g/mol. The van der Waals surface area contributed by atoms with Gasteiger partial charge in [0, 0.05) is 0 Å². The lowest BCUT2D eigenvalue weighted by molar-refractivity contribution is -0.150. The van der Waals surface area contributed by atoms with Crippen LogP contribution >= 0.6 is 0 Å². The molecule has 2 rings (SSSR count). The highest BCUT2D eigenvalue weighted by molar-refractivity contribution is 5.85. The summed E-state index contributed by atoms with van der Waals surface area (Å²) >= 11 is 0. The molecule has 2 fully saturated rings. The topological polar surface area (TPSA) is 38.8 Å². The maximum atomic E-state index is 11.8. The van der Waals surface area contributed by atoms with E-state index in [1.807, 2.05) is 6.92 Å². The third-order valence-electron chi connectivity index (χ3n) is 3.71. The van der Waals surface area contributed by atoms with Gasteiger partial charge in [-0.25, -0.2) is 4.79 Å². The number of hydrogen-bond donors (Lipinski definition) is 0. The van der Waals surface area contributed by atoms with Gasteiger partial charge in [0.15, 0.2) is 5.60 Å². The number of esters is 1. The van der Waals surface area contributed by atoms with Crippen LogP contribution in [0.2, 0.25) is 0 Å². The van der Waals surface area contributed by atoms with Crippen LogP contribution in [0.4, 0.5) is 0 Å². The van der Waals surface area contributed by atoms with Crippen molar-refractivity contribution in [3.05, 3.63) is 0 Å². The van der Waals surface area contributed by atoms with E-state index in [-0.39, 0.29) is 11.6 Å². The zero-order valence-corrected chi connectivity index (χ0v) is 9.67. The van der Waals surface area contributed by atoms with Crippen LogP contribution in [-0.2, 0) is 14.3 Å². The number of unbranched alkanes of at least 4 members (excludes halogenated alkanes) is 2. The van der Waals surface area contributed by atoms with Gasteiger partial charge in [-0.05, 0) is 32.6 Å². The zero-order chi connectivity index (χ0) is 10.9. The number of carbonyl (C=O) groups is 1. The van der Waals surface area contributed by atoms with E-state index in [1.54, 1.807) is 0 Å². The fraction of sp³-hybridized carbons (Fsp3) is 0.917. The van der Waals surface area contributed by atoms with E-state index in [2.05, 4.69) is 6.92 Å². The summed E-state index contributed by atoms with van der Waals surface area (Å²) in [5, 5.41) is 0. The summed E-state index contributed by atoms with van der Waals surface area (Å²) in [6.07, 6.45) is 6.16. The Balaban J connectivity index is 1.78. The first-order valence-electron chi connectivity index (χ1n) is 6.02. The van der Waals surface area contributed by atoms with E-state index in [1.165, 1.54) is 0 Å². The Morgan fingerprint density at radius 1 is 1.40 bits per heavy atom. The van der Waals surface area contributed by atoms with Gasteiger partial charge >= 0.3 is 5.97 Å². The lowest BCUT2D eigenvalue weighted by Gasteiger charge is -2.09. The molecule has 0 aromatic rings. The number of carbonyl (C=O) groups excluding carboxylic acids is 1. The molecule has 0 amide bonds. The molecule has 0 bridgehead atoms. The highest BCUT2D eigenvalue weighted by Crippen LogP contribution is 2.59. The molecule has 0 spiro atoms. The average molecular weight is 212 g/mol. The normalized spacial score (nSPS) is 37.5. The van der Waals surface area contributed by atoms with Gasteiger partial charge in [-0.15, -0.1) is 0 Å². The summed E-state index contributed by atoms with van der Waals surface area (Å²) in [6, 6.07) is 0. The van der Waals surface area contributed by atoms with Gasteiger partial charge in [0.2, 0.25) is 0 Å². The lowest BCUT2D eigenvalue weighted by atomic mass is 9.99. The summed E-state index contributed by atoms with van der Waals surface area (Å²) in [5.74, 6) is -0.126. The third kappa shape index (κ3) is 1.67. The summed E-state index contributed by atoms with van der Waals surface area (Å²) in [4.78, 5) is 11.8. The molecule has 1 saturated heterocycles. The van der Waals surface area contributed by atoms with E-state index in [4.69, 9.17) is 9.47 Å². The summed E-state index contributed by atoms with van der Waals surface area (Å²) in [7, 11) is 0. The fourth-order valence-electron chi connectivity index (χ4n) is 2.60. The van der Waals surface area contributed by atoms with Crippen LogP contribution in [0.1, 0.15) is 52.4 Å². The maximum absolute atomic E-state index is 11.8. The van der Waals surface area contributed by atoms with Gasteiger partial charge in [-0.3, -0.25) is 0 Å². The highest BCUT2D eigenvalue weighted by atomic mass is 16.7. The maximum Gasteiger partial charge on any atom is 0.341 e. The molecular weight excluding hydrogens is 192 g/mol. The molecule has 0 radical (unpaired) electrons. The van der Waals surface area contributed by atoms with Crippen LogP contribution in [-0.4, -0.2) is 23.8 Å². The Morgan fingerprint density at radius 3 is 2.73 bits per heavy atom. The third-order valence-corrected chi connectivity index (χ3v) is 3.71. The standard InChI is InChI=1S/C12H20O3/c1-3-4-5-9-14-10(13)12-8-6-7-11(12,2)15-12/h3-9H2,1-2H3. The van der Waals surface area contributed by atoms with Crippen LogP contribution in [0, 0.1) is 0 Å².